The van der Waals surface area contributed by atoms with Gasteiger partial charge in [0.1, 0.15) is 11.6 Å². The zero-order chi connectivity index (χ0) is 20.6. The molecule has 0 radical (unpaired) electrons. The number of unbranched alkanes of at least 4 members (excludes halogenated alkanes) is 3. The number of hydrogen-bond acceptors (Lipinski definition) is 4. The maximum Gasteiger partial charge on any atom is 0.266 e. The van der Waals surface area contributed by atoms with Crippen molar-refractivity contribution in [1.29, 1.82) is 0 Å². The number of para-hydroxylation sites is 3. The summed E-state index contributed by atoms with van der Waals surface area (Å²) in [6.45, 7) is 7.66. The van der Waals surface area contributed by atoms with Gasteiger partial charge in [0, 0.05) is 0 Å². The van der Waals surface area contributed by atoms with Crippen LogP contribution in [-0.2, 0) is 0 Å². The van der Waals surface area contributed by atoms with Gasteiger partial charge in [-0.25, -0.2) is 4.98 Å². The Morgan fingerprint density at radius 3 is 2.59 bits per heavy atom. The number of rotatable bonds is 10. The normalized spacial score (nSPS) is 12.2. The highest BCUT2D eigenvalue weighted by molar-refractivity contribution is 5.78. The molecule has 154 valence electrons. The first kappa shape index (κ1) is 21.1. The molecule has 3 rings (SSSR count). The molecule has 0 saturated carbocycles. The summed E-state index contributed by atoms with van der Waals surface area (Å²) in [6, 6.07) is 15.1. The third kappa shape index (κ3) is 4.85. The summed E-state index contributed by atoms with van der Waals surface area (Å²) >= 11 is 0. The number of fused-ring (bicyclic) bond motifs is 1. The third-order valence-corrected chi connectivity index (χ3v) is 5.08. The first-order chi connectivity index (χ1) is 14.2. The number of aromatic nitrogens is 2. The van der Waals surface area contributed by atoms with E-state index in [9.17, 15) is 4.79 Å². The Labute approximate surface area is 172 Å². The molecule has 0 amide bonds. The number of benzene rings is 2. The largest absolute Gasteiger partial charge is 0.492 e. The molecule has 0 spiro atoms. The molecule has 5 nitrogen and oxygen atoms in total. The van der Waals surface area contributed by atoms with Crippen molar-refractivity contribution < 1.29 is 4.74 Å². The van der Waals surface area contributed by atoms with Gasteiger partial charge in [-0.3, -0.25) is 9.36 Å². The van der Waals surface area contributed by atoms with Crippen LogP contribution in [0.3, 0.4) is 0 Å². The fourth-order valence-corrected chi connectivity index (χ4v) is 3.55. The molecule has 1 N–H and O–H groups in total. The lowest BCUT2D eigenvalue weighted by Crippen LogP contribution is -2.30. The summed E-state index contributed by atoms with van der Waals surface area (Å²) in [5.41, 5.74) is 1.38. The molecule has 0 bridgehead atoms. The van der Waals surface area contributed by atoms with Gasteiger partial charge in [-0.1, -0.05) is 50.5 Å². The summed E-state index contributed by atoms with van der Waals surface area (Å²) in [4.78, 5) is 18.3. The first-order valence-electron chi connectivity index (χ1n) is 10.6. The predicted molar refractivity (Wildman–Crippen MR) is 119 cm³/mol. The van der Waals surface area contributed by atoms with Crippen molar-refractivity contribution in [2.75, 3.05) is 13.2 Å². The van der Waals surface area contributed by atoms with Gasteiger partial charge >= 0.3 is 0 Å². The quantitative estimate of drug-likeness (QED) is 0.492. The van der Waals surface area contributed by atoms with Gasteiger partial charge in [-0.15, -0.1) is 0 Å². The molecule has 0 fully saturated rings. The summed E-state index contributed by atoms with van der Waals surface area (Å²) in [6.07, 6.45) is 4.79. The van der Waals surface area contributed by atoms with E-state index in [-0.39, 0.29) is 11.6 Å². The molecule has 1 atom stereocenters. The standard InChI is InChI=1S/C24H31N3O2/c1-4-6-7-12-17-25-18(3)23-26-20-14-9-8-13-19(20)24(28)27(23)21-15-10-11-16-22(21)29-5-2/h8-11,13-16,18,25H,4-7,12,17H2,1-3H3/t18-/m1/s1. The van der Waals surface area contributed by atoms with Crippen LogP contribution >= 0.6 is 0 Å². The fraction of sp³-hybridized carbons (Fsp3) is 0.417. The second-order valence-electron chi connectivity index (χ2n) is 7.26. The highest BCUT2D eigenvalue weighted by Crippen LogP contribution is 2.25. The zero-order valence-electron chi connectivity index (χ0n) is 17.6. The summed E-state index contributed by atoms with van der Waals surface area (Å²) in [5.74, 6) is 1.39. The maximum atomic E-state index is 13.5. The van der Waals surface area contributed by atoms with Crippen LogP contribution in [0.5, 0.6) is 5.75 Å². The minimum absolute atomic E-state index is 0.0661. The molecule has 3 aromatic rings. The van der Waals surface area contributed by atoms with Crippen LogP contribution in [0, 0.1) is 0 Å². The Kier molecular flexibility index (Phi) is 7.42. The van der Waals surface area contributed by atoms with Crippen molar-refractivity contribution in [1.82, 2.24) is 14.9 Å². The minimum Gasteiger partial charge on any atom is -0.492 e. The summed E-state index contributed by atoms with van der Waals surface area (Å²) in [7, 11) is 0. The molecular weight excluding hydrogens is 362 g/mol. The third-order valence-electron chi connectivity index (χ3n) is 5.08. The van der Waals surface area contributed by atoms with Crippen molar-refractivity contribution >= 4 is 10.9 Å². The molecule has 5 heteroatoms. The summed E-state index contributed by atoms with van der Waals surface area (Å²) < 4.78 is 7.52. The van der Waals surface area contributed by atoms with Crippen molar-refractivity contribution in [2.24, 2.45) is 0 Å². The van der Waals surface area contributed by atoms with Gasteiger partial charge in [-0.05, 0) is 51.1 Å². The average Bonchev–Trinajstić information content (AvgIpc) is 2.74. The van der Waals surface area contributed by atoms with Crippen LogP contribution in [0.2, 0.25) is 0 Å². The van der Waals surface area contributed by atoms with Crippen LogP contribution in [-0.4, -0.2) is 22.7 Å². The van der Waals surface area contributed by atoms with Gasteiger partial charge in [0.2, 0.25) is 0 Å². The second-order valence-corrected chi connectivity index (χ2v) is 7.26. The zero-order valence-corrected chi connectivity index (χ0v) is 17.6. The van der Waals surface area contributed by atoms with Crippen molar-refractivity contribution in [2.45, 2.75) is 52.5 Å². The van der Waals surface area contributed by atoms with Crippen molar-refractivity contribution in [3.8, 4) is 11.4 Å². The van der Waals surface area contributed by atoms with Gasteiger partial charge < -0.3 is 10.1 Å². The Balaban J connectivity index is 2.06. The minimum atomic E-state index is -0.0719. The Morgan fingerprint density at radius 2 is 1.79 bits per heavy atom. The molecule has 0 aliphatic rings. The van der Waals surface area contributed by atoms with Gasteiger partial charge in [0.05, 0.1) is 29.2 Å². The van der Waals surface area contributed by atoms with E-state index in [0.717, 1.165) is 24.2 Å². The molecular formula is C24H31N3O2. The predicted octanol–water partition coefficient (Wildman–Crippen LogP) is 5.02. The molecule has 2 aromatic carbocycles. The Hall–Kier alpha value is -2.66. The lowest BCUT2D eigenvalue weighted by Gasteiger charge is -2.21. The number of hydrogen-bond donors (Lipinski definition) is 1. The van der Waals surface area contributed by atoms with E-state index in [4.69, 9.17) is 9.72 Å². The molecule has 1 aromatic heterocycles. The van der Waals surface area contributed by atoms with E-state index in [0.29, 0.717) is 23.6 Å². The van der Waals surface area contributed by atoms with Crippen molar-refractivity contribution in [3.63, 3.8) is 0 Å². The molecule has 1 heterocycles. The van der Waals surface area contributed by atoms with Gasteiger partial charge in [0.15, 0.2) is 0 Å². The number of nitrogens with zero attached hydrogens (tertiary/aromatic N) is 2. The molecule has 0 saturated heterocycles. The smallest absolute Gasteiger partial charge is 0.266 e. The van der Waals surface area contributed by atoms with Crippen molar-refractivity contribution in [3.05, 3.63) is 64.7 Å². The second kappa shape index (κ2) is 10.2. The van der Waals surface area contributed by atoms with Crippen LogP contribution in [0.25, 0.3) is 16.6 Å². The van der Waals surface area contributed by atoms with E-state index >= 15 is 0 Å². The average molecular weight is 394 g/mol. The van der Waals surface area contributed by atoms with E-state index in [1.807, 2.05) is 55.5 Å². The van der Waals surface area contributed by atoms with E-state index in [1.54, 1.807) is 4.57 Å². The van der Waals surface area contributed by atoms with Crippen LogP contribution < -0.4 is 15.6 Å². The molecule has 0 aliphatic carbocycles. The molecule has 0 aliphatic heterocycles. The number of nitrogens with one attached hydrogen (secondary N) is 1. The van der Waals surface area contributed by atoms with Gasteiger partial charge in [-0.2, -0.15) is 0 Å². The Bertz CT molecular complexity index is 997. The first-order valence-corrected chi connectivity index (χ1v) is 10.6. The highest BCUT2D eigenvalue weighted by Gasteiger charge is 2.19. The summed E-state index contributed by atoms with van der Waals surface area (Å²) in [5, 5.41) is 4.16. The van der Waals surface area contributed by atoms with E-state index in [1.165, 1.54) is 19.3 Å². The monoisotopic (exact) mass is 393 g/mol. The van der Waals surface area contributed by atoms with E-state index < -0.39 is 0 Å². The lowest BCUT2D eigenvalue weighted by atomic mass is 10.1. The van der Waals surface area contributed by atoms with Crippen LogP contribution in [0.1, 0.15) is 58.3 Å². The maximum absolute atomic E-state index is 13.5. The Morgan fingerprint density at radius 1 is 1.03 bits per heavy atom. The van der Waals surface area contributed by atoms with E-state index in [2.05, 4.69) is 19.2 Å². The fourth-order valence-electron chi connectivity index (χ4n) is 3.55. The van der Waals surface area contributed by atoms with Crippen LogP contribution in [0.4, 0.5) is 0 Å². The highest BCUT2D eigenvalue weighted by atomic mass is 16.5. The molecule has 29 heavy (non-hydrogen) atoms. The topological polar surface area (TPSA) is 56.2 Å². The van der Waals surface area contributed by atoms with Gasteiger partial charge in [0.25, 0.3) is 5.56 Å². The SMILES string of the molecule is CCCCCCN[C@H](C)c1nc2ccccc2c(=O)n1-c1ccccc1OCC. The number of ether oxygens (including phenoxy) is 1. The lowest BCUT2D eigenvalue weighted by molar-refractivity contribution is 0.338. The molecule has 0 unspecified atom stereocenters. The van der Waals surface area contributed by atoms with Crippen LogP contribution in [0.15, 0.2) is 53.3 Å².